The second kappa shape index (κ2) is 9.29. The molecule has 2 aliphatic rings. The van der Waals surface area contributed by atoms with Gasteiger partial charge in [0.15, 0.2) is 5.65 Å². The number of nitrogens with one attached hydrogen (secondary N) is 1. The Labute approximate surface area is 192 Å². The number of aromatic nitrogens is 3. The van der Waals surface area contributed by atoms with Gasteiger partial charge in [-0.25, -0.2) is 4.98 Å². The molecule has 0 aliphatic carbocycles. The maximum atomic E-state index is 12.1. The predicted octanol–water partition coefficient (Wildman–Crippen LogP) is 2.11. The molecule has 1 aromatic carbocycles. The Morgan fingerprint density at radius 1 is 1.03 bits per heavy atom. The fourth-order valence-corrected chi connectivity index (χ4v) is 4.27. The molecule has 1 N–H and O–H groups in total. The number of pyridine rings is 1. The summed E-state index contributed by atoms with van der Waals surface area (Å²) in [5.74, 6) is 1.43. The predicted molar refractivity (Wildman–Crippen MR) is 127 cm³/mol. The number of hydrogen-bond acceptors (Lipinski definition) is 8. The second-order valence-electron chi connectivity index (χ2n) is 8.29. The van der Waals surface area contributed by atoms with Gasteiger partial charge in [-0.1, -0.05) is 12.1 Å². The van der Waals surface area contributed by atoms with E-state index in [2.05, 4.69) is 22.0 Å². The Hall–Kier alpha value is -3.30. The van der Waals surface area contributed by atoms with Crippen molar-refractivity contribution in [2.45, 2.75) is 13.0 Å². The highest BCUT2D eigenvalue weighted by atomic mass is 16.5. The third-order valence-electron chi connectivity index (χ3n) is 6.11. The molecular weight excluding hydrogens is 420 g/mol. The van der Waals surface area contributed by atoms with Crippen molar-refractivity contribution in [1.29, 1.82) is 0 Å². The number of rotatable bonds is 4. The van der Waals surface area contributed by atoms with Crippen molar-refractivity contribution in [3.63, 3.8) is 0 Å². The van der Waals surface area contributed by atoms with E-state index in [-0.39, 0.29) is 11.9 Å². The molecule has 3 aromatic rings. The fourth-order valence-electron chi connectivity index (χ4n) is 4.27. The quantitative estimate of drug-likeness (QED) is 0.649. The molecule has 172 valence electrons. The number of hydrogen-bond donors (Lipinski definition) is 1. The molecule has 2 saturated heterocycles. The summed E-state index contributed by atoms with van der Waals surface area (Å²) in [5.41, 5.74) is 2.87. The van der Waals surface area contributed by atoms with Gasteiger partial charge in [0.25, 0.3) is 5.91 Å². The van der Waals surface area contributed by atoms with E-state index in [1.165, 1.54) is 0 Å². The molecule has 2 fully saturated rings. The van der Waals surface area contributed by atoms with Gasteiger partial charge in [-0.05, 0) is 31.2 Å². The van der Waals surface area contributed by atoms with Crippen molar-refractivity contribution in [2.75, 3.05) is 62.9 Å². The van der Waals surface area contributed by atoms with E-state index in [4.69, 9.17) is 24.4 Å². The first-order valence-electron chi connectivity index (χ1n) is 11.3. The molecule has 0 radical (unpaired) electrons. The van der Waals surface area contributed by atoms with E-state index in [0.29, 0.717) is 43.6 Å². The lowest BCUT2D eigenvalue weighted by atomic mass is 10.1. The van der Waals surface area contributed by atoms with E-state index in [9.17, 15) is 4.79 Å². The highest BCUT2D eigenvalue weighted by molar-refractivity contribution is 5.95. The Morgan fingerprint density at radius 3 is 2.64 bits per heavy atom. The topological polar surface area (TPSA) is 92.7 Å². The number of morpholine rings is 2. The molecule has 0 saturated carbocycles. The van der Waals surface area contributed by atoms with Gasteiger partial charge in [0, 0.05) is 37.8 Å². The van der Waals surface area contributed by atoms with E-state index < -0.39 is 0 Å². The van der Waals surface area contributed by atoms with Gasteiger partial charge in [0.1, 0.15) is 5.82 Å². The lowest BCUT2D eigenvalue weighted by Gasteiger charge is -2.35. The zero-order valence-corrected chi connectivity index (χ0v) is 19.0. The molecule has 0 bridgehead atoms. The third-order valence-corrected chi connectivity index (χ3v) is 6.11. The Bertz CT molecular complexity index is 1160. The lowest BCUT2D eigenvalue weighted by Crippen LogP contribution is -2.44. The number of amides is 1. The third kappa shape index (κ3) is 4.34. The molecule has 1 atom stereocenters. The largest absolute Gasteiger partial charge is 0.378 e. The Balaban J connectivity index is 1.62. The number of anilines is 2. The number of fused-ring (bicyclic) bond motifs is 1. The number of carbonyl (C=O) groups is 1. The van der Waals surface area contributed by atoms with Gasteiger partial charge in [0.05, 0.1) is 43.5 Å². The first kappa shape index (κ1) is 21.5. The summed E-state index contributed by atoms with van der Waals surface area (Å²) in [6.07, 6.45) is 0. The molecule has 9 nitrogen and oxygen atoms in total. The first-order valence-corrected chi connectivity index (χ1v) is 11.3. The normalized spacial score (nSPS) is 19.0. The summed E-state index contributed by atoms with van der Waals surface area (Å²) in [7, 11) is 1.63. The molecule has 0 unspecified atom stereocenters. The van der Waals surface area contributed by atoms with E-state index in [0.717, 1.165) is 42.1 Å². The smallest absolute Gasteiger partial charge is 0.251 e. The fraction of sp³-hybridized carbons (Fsp3) is 0.417. The molecule has 33 heavy (non-hydrogen) atoms. The van der Waals surface area contributed by atoms with Crippen molar-refractivity contribution < 1.29 is 14.3 Å². The van der Waals surface area contributed by atoms with E-state index >= 15 is 0 Å². The minimum Gasteiger partial charge on any atom is -0.378 e. The van der Waals surface area contributed by atoms with Crippen LogP contribution in [0.3, 0.4) is 0 Å². The second-order valence-corrected chi connectivity index (χ2v) is 8.29. The summed E-state index contributed by atoms with van der Waals surface area (Å²) < 4.78 is 11.2. The van der Waals surface area contributed by atoms with Crippen molar-refractivity contribution in [3.05, 3.63) is 42.0 Å². The van der Waals surface area contributed by atoms with Gasteiger partial charge < -0.3 is 24.6 Å². The van der Waals surface area contributed by atoms with Crippen molar-refractivity contribution in [3.8, 4) is 11.3 Å². The van der Waals surface area contributed by atoms with Gasteiger partial charge >= 0.3 is 0 Å². The van der Waals surface area contributed by atoms with Crippen LogP contribution in [0.5, 0.6) is 0 Å². The minimum atomic E-state index is -0.127. The summed E-state index contributed by atoms with van der Waals surface area (Å²) in [5, 5.41) is 3.58. The molecule has 1 amide bonds. The molecule has 2 aromatic heterocycles. The van der Waals surface area contributed by atoms with Gasteiger partial charge in [0.2, 0.25) is 5.95 Å². The average molecular weight is 449 g/mol. The Morgan fingerprint density at radius 2 is 1.85 bits per heavy atom. The molecule has 4 heterocycles. The van der Waals surface area contributed by atoms with Crippen LogP contribution in [0.1, 0.15) is 17.3 Å². The SMILES string of the molecule is CNC(=O)c1cccc(-c2ccc3c(N4CCOC[C@@H]4C)nc(N4CCOCC4)nc3n2)c1. The zero-order valence-electron chi connectivity index (χ0n) is 19.0. The van der Waals surface area contributed by atoms with Crippen molar-refractivity contribution in [2.24, 2.45) is 0 Å². The summed E-state index contributed by atoms with van der Waals surface area (Å²) >= 11 is 0. The summed E-state index contributed by atoms with van der Waals surface area (Å²) in [6.45, 7) is 7.06. The van der Waals surface area contributed by atoms with Crippen molar-refractivity contribution in [1.82, 2.24) is 20.3 Å². The van der Waals surface area contributed by atoms with E-state index in [1.807, 2.05) is 30.3 Å². The molecule has 9 heteroatoms. The van der Waals surface area contributed by atoms with Crippen LogP contribution in [-0.4, -0.2) is 80.0 Å². The van der Waals surface area contributed by atoms with Gasteiger partial charge in [-0.2, -0.15) is 9.97 Å². The molecule has 0 spiro atoms. The van der Waals surface area contributed by atoms with Crippen LogP contribution in [0.25, 0.3) is 22.3 Å². The van der Waals surface area contributed by atoms with Crippen LogP contribution in [0, 0.1) is 0 Å². The van der Waals surface area contributed by atoms with Crippen LogP contribution in [0.2, 0.25) is 0 Å². The molecular formula is C24H28N6O3. The monoisotopic (exact) mass is 448 g/mol. The molecule has 2 aliphatic heterocycles. The van der Waals surface area contributed by atoms with Gasteiger partial charge in [-0.15, -0.1) is 0 Å². The van der Waals surface area contributed by atoms with Crippen LogP contribution < -0.4 is 15.1 Å². The molecule has 5 rings (SSSR count). The highest BCUT2D eigenvalue weighted by Crippen LogP contribution is 2.30. The zero-order chi connectivity index (χ0) is 22.8. The standard InChI is InChI=1S/C24H28N6O3/c1-16-15-33-13-10-30(16)22-19-6-7-20(17-4-3-5-18(14-17)23(31)25-2)26-21(19)27-24(28-22)29-8-11-32-12-9-29/h3-7,14,16H,8-13,15H2,1-2H3,(H,25,31)/t16-/m0/s1. The number of ether oxygens (including phenoxy) is 2. The Kier molecular flexibility index (Phi) is 6.06. The van der Waals surface area contributed by atoms with E-state index in [1.54, 1.807) is 13.1 Å². The lowest BCUT2D eigenvalue weighted by molar-refractivity contribution is 0.0963. The maximum absolute atomic E-state index is 12.1. The number of carbonyl (C=O) groups excluding carboxylic acids is 1. The summed E-state index contributed by atoms with van der Waals surface area (Å²) in [4.78, 5) is 31.3. The van der Waals surface area contributed by atoms with Crippen molar-refractivity contribution >= 4 is 28.7 Å². The maximum Gasteiger partial charge on any atom is 0.251 e. The first-order chi connectivity index (χ1) is 16.1. The van der Waals surface area contributed by atoms with Crippen LogP contribution in [-0.2, 0) is 9.47 Å². The van der Waals surface area contributed by atoms with Crippen LogP contribution >= 0.6 is 0 Å². The summed E-state index contributed by atoms with van der Waals surface area (Å²) in [6, 6.07) is 11.7. The van der Waals surface area contributed by atoms with Crippen LogP contribution in [0.15, 0.2) is 36.4 Å². The minimum absolute atomic E-state index is 0.127. The number of nitrogens with zero attached hydrogens (tertiary/aromatic N) is 5. The van der Waals surface area contributed by atoms with Gasteiger partial charge in [-0.3, -0.25) is 4.79 Å². The van der Waals surface area contributed by atoms with Crippen LogP contribution in [0.4, 0.5) is 11.8 Å². The number of benzene rings is 1. The average Bonchev–Trinajstić information content (AvgIpc) is 2.88. The highest BCUT2D eigenvalue weighted by Gasteiger charge is 2.25.